The molecule has 0 aromatic heterocycles. The first kappa shape index (κ1) is 43.9. The summed E-state index contributed by atoms with van der Waals surface area (Å²) in [4.78, 5) is 24.9. The third-order valence-corrected chi connectivity index (χ3v) is 9.73. The molecular formula is C37H59NO14. The molecule has 0 spiro atoms. The van der Waals surface area contributed by atoms with Crippen molar-refractivity contribution in [3.8, 4) is 0 Å². The normalized spacial score (nSPS) is 43.5. The van der Waals surface area contributed by atoms with E-state index in [-0.39, 0.29) is 31.3 Å². The molecule has 52 heavy (non-hydrogen) atoms. The molecule has 3 aliphatic heterocycles. The van der Waals surface area contributed by atoms with Gasteiger partial charge in [0, 0.05) is 32.1 Å². The maximum Gasteiger partial charge on any atom is 0.311 e. The summed E-state index contributed by atoms with van der Waals surface area (Å²) in [5.41, 5.74) is 5.99. The lowest BCUT2D eigenvalue weighted by Crippen LogP contribution is -2.61. The van der Waals surface area contributed by atoms with Crippen LogP contribution in [0.5, 0.6) is 0 Å². The Morgan fingerprint density at radius 3 is 2.27 bits per heavy atom. The Kier molecular flexibility index (Phi) is 17.5. The van der Waals surface area contributed by atoms with Crippen molar-refractivity contribution in [1.82, 2.24) is 0 Å². The zero-order valence-electron chi connectivity index (χ0n) is 30.2. The van der Waals surface area contributed by atoms with Gasteiger partial charge in [0.2, 0.25) is 0 Å². The maximum atomic E-state index is 12.6. The van der Waals surface area contributed by atoms with Crippen LogP contribution in [0.1, 0.15) is 78.6 Å². The molecule has 0 radical (unpaired) electrons. The van der Waals surface area contributed by atoms with Gasteiger partial charge in [0.05, 0.1) is 54.9 Å². The Labute approximate surface area is 305 Å². The van der Waals surface area contributed by atoms with Crippen LogP contribution in [0.15, 0.2) is 48.6 Å². The van der Waals surface area contributed by atoms with Gasteiger partial charge in [-0.15, -0.1) is 0 Å². The number of hydrogen-bond donors (Lipinski definition) is 9. The number of aliphatic carboxylic acids is 1. The second kappa shape index (κ2) is 20.8. The summed E-state index contributed by atoms with van der Waals surface area (Å²) in [6.07, 6.45) is 0.558. The minimum Gasteiger partial charge on any atom is -0.481 e. The standard InChI is InChI=1S/C37H59NO14/c1-21(2)28-14-12-10-8-6-4-5-7-9-11-13-24(50-36-34(45)32(38)33(44)22(3)49-36)18-29-31(35(46)47)27(42)20-37(48,52-29)19-23(39)17-26(41)25(40)15-16-30(43)51-28/h4-9,11,13,21-29,31-34,36,39-42,44-45,48H,10,12,14-20,38H2,1-3H3,(H,46,47)/b5-4+,8-6+,9-7+,13-11+/t22-,23?,24?,25?,26?,27?,28?,29?,31?,32+,33-,34+,36+,37?/m1/s1. The van der Waals surface area contributed by atoms with Crippen molar-refractivity contribution >= 4 is 11.9 Å². The maximum absolute atomic E-state index is 12.6. The van der Waals surface area contributed by atoms with Crippen LogP contribution in [0.25, 0.3) is 0 Å². The molecule has 3 heterocycles. The second-order valence-electron chi connectivity index (χ2n) is 14.5. The quantitative estimate of drug-likeness (QED) is 0.180. The van der Waals surface area contributed by atoms with Gasteiger partial charge in [-0.2, -0.15) is 0 Å². The molecule has 0 amide bonds. The van der Waals surface area contributed by atoms with Gasteiger partial charge in [0.25, 0.3) is 0 Å². The molecule has 3 rings (SSSR count). The van der Waals surface area contributed by atoms with E-state index >= 15 is 0 Å². The number of fused-ring (bicyclic) bond motifs is 2. The van der Waals surface area contributed by atoms with Crippen LogP contribution in [-0.4, -0.2) is 132 Å². The topological polar surface area (TPSA) is 259 Å². The molecule has 9 unspecified atom stereocenters. The summed E-state index contributed by atoms with van der Waals surface area (Å²) in [6.45, 7) is 5.45. The SMILES string of the molecule is CC(C)C1CCC/C=C/C=C/C=C/C=C/C(O[C@@H]2O[C@H](C)[C@@H](O)[C@H](N)[C@@H]2O)CC2OC(O)(CC(O)CC(O)C(O)CCC(=O)O1)CC(O)C2C(=O)O. The van der Waals surface area contributed by atoms with Gasteiger partial charge in [-0.3, -0.25) is 9.59 Å². The number of carboxylic acids is 1. The molecule has 2 fully saturated rings. The van der Waals surface area contributed by atoms with Gasteiger partial charge in [-0.1, -0.05) is 62.5 Å². The lowest BCUT2D eigenvalue weighted by Gasteiger charge is -2.45. The van der Waals surface area contributed by atoms with Crippen molar-refractivity contribution in [1.29, 1.82) is 0 Å². The lowest BCUT2D eigenvalue weighted by atomic mass is 9.82. The number of hydrogen-bond acceptors (Lipinski definition) is 14. The van der Waals surface area contributed by atoms with Crippen LogP contribution < -0.4 is 5.73 Å². The molecule has 0 aromatic rings. The van der Waals surface area contributed by atoms with Crippen molar-refractivity contribution in [2.45, 2.75) is 158 Å². The van der Waals surface area contributed by atoms with E-state index in [0.717, 1.165) is 12.8 Å². The van der Waals surface area contributed by atoms with Gasteiger partial charge >= 0.3 is 11.9 Å². The van der Waals surface area contributed by atoms with Crippen LogP contribution in [0.2, 0.25) is 0 Å². The first-order chi connectivity index (χ1) is 24.5. The van der Waals surface area contributed by atoms with E-state index in [0.29, 0.717) is 6.42 Å². The van der Waals surface area contributed by atoms with Crippen LogP contribution in [0, 0.1) is 11.8 Å². The predicted molar refractivity (Wildman–Crippen MR) is 187 cm³/mol. The van der Waals surface area contributed by atoms with E-state index in [1.54, 1.807) is 37.3 Å². The molecule has 14 atom stereocenters. The van der Waals surface area contributed by atoms with Gasteiger partial charge in [-0.25, -0.2) is 0 Å². The number of nitrogens with two attached hydrogens (primary N) is 1. The lowest BCUT2D eigenvalue weighted by molar-refractivity contribution is -0.308. The fraction of sp³-hybridized carbons (Fsp3) is 0.730. The zero-order valence-corrected chi connectivity index (χ0v) is 30.2. The molecule has 10 N–H and O–H groups in total. The zero-order chi connectivity index (χ0) is 38.6. The first-order valence-electron chi connectivity index (χ1n) is 18.1. The Balaban J connectivity index is 1.88. The third kappa shape index (κ3) is 13.4. The number of aliphatic hydroxyl groups is 7. The molecular weight excluding hydrogens is 682 g/mol. The highest BCUT2D eigenvalue weighted by molar-refractivity contribution is 5.71. The smallest absolute Gasteiger partial charge is 0.311 e. The number of cyclic esters (lactones) is 1. The van der Waals surface area contributed by atoms with Gasteiger partial charge in [0.15, 0.2) is 12.1 Å². The minimum absolute atomic E-state index is 0.0690. The van der Waals surface area contributed by atoms with Gasteiger partial charge in [0.1, 0.15) is 18.1 Å². The predicted octanol–water partition coefficient (Wildman–Crippen LogP) is 0.714. The van der Waals surface area contributed by atoms with Crippen molar-refractivity contribution in [2.24, 2.45) is 17.6 Å². The summed E-state index contributed by atoms with van der Waals surface area (Å²) in [6, 6.07) is -1.11. The highest BCUT2D eigenvalue weighted by Gasteiger charge is 2.51. The van der Waals surface area contributed by atoms with E-state index in [2.05, 4.69) is 0 Å². The van der Waals surface area contributed by atoms with Crippen molar-refractivity contribution in [3.63, 3.8) is 0 Å². The van der Waals surface area contributed by atoms with E-state index in [4.69, 9.17) is 24.7 Å². The molecule has 15 nitrogen and oxygen atoms in total. The average molecular weight is 742 g/mol. The van der Waals surface area contributed by atoms with Gasteiger partial charge < -0.3 is 65.5 Å². The number of carbonyl (C=O) groups excluding carboxylic acids is 1. The number of aliphatic hydroxyl groups excluding tert-OH is 6. The molecule has 2 bridgehead atoms. The van der Waals surface area contributed by atoms with Crippen molar-refractivity contribution in [2.75, 3.05) is 0 Å². The van der Waals surface area contributed by atoms with E-state index < -0.39 is 110 Å². The van der Waals surface area contributed by atoms with E-state index in [1.807, 2.05) is 32.1 Å². The van der Waals surface area contributed by atoms with Crippen molar-refractivity contribution in [3.05, 3.63) is 48.6 Å². The van der Waals surface area contributed by atoms with Crippen LogP contribution in [0.3, 0.4) is 0 Å². The summed E-state index contributed by atoms with van der Waals surface area (Å²) in [7, 11) is 0. The minimum atomic E-state index is -2.25. The van der Waals surface area contributed by atoms with E-state index in [1.165, 1.54) is 0 Å². The van der Waals surface area contributed by atoms with Gasteiger partial charge in [-0.05, 0) is 38.5 Å². The molecule has 0 saturated carbocycles. The molecule has 2 saturated heterocycles. The highest BCUT2D eigenvalue weighted by Crippen LogP contribution is 2.38. The number of carboxylic acid groups (broad SMARTS) is 1. The monoisotopic (exact) mass is 741 g/mol. The summed E-state index contributed by atoms with van der Waals surface area (Å²) in [5.74, 6) is -5.65. The third-order valence-electron chi connectivity index (χ3n) is 9.73. The summed E-state index contributed by atoms with van der Waals surface area (Å²) < 4.78 is 23.2. The first-order valence-corrected chi connectivity index (χ1v) is 18.1. The van der Waals surface area contributed by atoms with E-state index in [9.17, 15) is 50.4 Å². The fourth-order valence-corrected chi connectivity index (χ4v) is 6.67. The largest absolute Gasteiger partial charge is 0.481 e. The Hall–Kier alpha value is -2.54. The molecule has 296 valence electrons. The van der Waals surface area contributed by atoms with Crippen molar-refractivity contribution < 1.29 is 69.4 Å². The number of allylic oxidation sites excluding steroid dienone is 7. The van der Waals surface area contributed by atoms with Crippen LogP contribution >= 0.6 is 0 Å². The molecule has 15 heteroatoms. The summed E-state index contributed by atoms with van der Waals surface area (Å²) >= 11 is 0. The molecule has 0 aromatic carbocycles. The van der Waals surface area contributed by atoms with Crippen LogP contribution in [-0.2, 0) is 28.5 Å². The molecule has 3 aliphatic rings. The number of esters is 1. The fourth-order valence-electron chi connectivity index (χ4n) is 6.67. The second-order valence-corrected chi connectivity index (χ2v) is 14.5. The molecule has 0 aliphatic carbocycles. The van der Waals surface area contributed by atoms with Crippen LogP contribution in [0.4, 0.5) is 0 Å². The number of ether oxygens (including phenoxy) is 4. The number of carbonyl (C=O) groups is 2. The Bertz CT molecular complexity index is 1240. The Morgan fingerprint density at radius 1 is 0.923 bits per heavy atom. The highest BCUT2D eigenvalue weighted by atomic mass is 16.7. The Morgan fingerprint density at radius 2 is 1.60 bits per heavy atom. The summed E-state index contributed by atoms with van der Waals surface area (Å²) in [5, 5.41) is 85.4. The number of rotatable bonds is 4. The average Bonchev–Trinajstić information content (AvgIpc) is 3.05.